The van der Waals surface area contributed by atoms with Gasteiger partial charge in [0.25, 0.3) is 5.69 Å². The van der Waals surface area contributed by atoms with E-state index in [0.29, 0.717) is 13.1 Å². The molecular weight excluding hydrogens is 430 g/mol. The molecule has 1 unspecified atom stereocenters. The van der Waals surface area contributed by atoms with Crippen molar-refractivity contribution in [3.8, 4) is 0 Å². The topological polar surface area (TPSA) is 66.7 Å². The fourth-order valence-electron chi connectivity index (χ4n) is 2.93. The van der Waals surface area contributed by atoms with Crippen LogP contribution in [0.15, 0.2) is 24.3 Å². The smallest absolute Gasteiger partial charge is 0.269 e. The molecule has 0 N–H and O–H groups in total. The number of piperazine rings is 1. The molecule has 3 rings (SSSR count). The minimum atomic E-state index is -0.399. The van der Waals surface area contributed by atoms with E-state index in [4.69, 9.17) is 0 Å². The summed E-state index contributed by atoms with van der Waals surface area (Å²) in [5, 5.41) is 10.7. The van der Waals surface area contributed by atoms with Crippen LogP contribution in [0.3, 0.4) is 0 Å². The summed E-state index contributed by atoms with van der Waals surface area (Å²) in [5.41, 5.74) is 0.675. The number of rotatable bonds is 3. The van der Waals surface area contributed by atoms with Gasteiger partial charge in [-0.3, -0.25) is 14.9 Å². The summed E-state index contributed by atoms with van der Waals surface area (Å²) in [7, 11) is 0. The SMILES string of the molecule is CC1(C(=O)N2CCN(c3ccc([N+](=O)[O-])cc3)CC2)CC1(Br)Br. The maximum Gasteiger partial charge on any atom is 0.269 e. The molecule has 1 aliphatic heterocycles. The number of nitrogens with zero attached hydrogens (tertiary/aromatic N) is 3. The number of non-ortho nitro benzene ring substituents is 1. The third-order valence-electron chi connectivity index (χ3n) is 4.72. The molecule has 1 amide bonds. The number of benzene rings is 1. The van der Waals surface area contributed by atoms with Gasteiger partial charge in [0.05, 0.1) is 13.6 Å². The van der Waals surface area contributed by atoms with Gasteiger partial charge >= 0.3 is 0 Å². The molecule has 1 saturated carbocycles. The van der Waals surface area contributed by atoms with Crippen LogP contribution >= 0.6 is 31.9 Å². The predicted octanol–water partition coefficient (Wildman–Crippen LogP) is 3.14. The highest BCUT2D eigenvalue weighted by atomic mass is 79.9. The van der Waals surface area contributed by atoms with Crippen molar-refractivity contribution in [2.45, 2.75) is 16.6 Å². The minimum absolute atomic E-state index is 0.0928. The van der Waals surface area contributed by atoms with Crippen molar-refractivity contribution in [3.05, 3.63) is 34.4 Å². The molecule has 1 aliphatic carbocycles. The van der Waals surface area contributed by atoms with Crippen molar-refractivity contribution in [3.63, 3.8) is 0 Å². The van der Waals surface area contributed by atoms with Gasteiger partial charge in [-0.15, -0.1) is 0 Å². The van der Waals surface area contributed by atoms with Crippen molar-refractivity contribution < 1.29 is 9.72 Å². The summed E-state index contributed by atoms with van der Waals surface area (Å²) < 4.78 is -0.264. The molecule has 0 radical (unpaired) electrons. The van der Waals surface area contributed by atoms with E-state index in [2.05, 4.69) is 36.8 Å². The van der Waals surface area contributed by atoms with E-state index in [9.17, 15) is 14.9 Å². The lowest BCUT2D eigenvalue weighted by molar-refractivity contribution is -0.384. The van der Waals surface area contributed by atoms with Crippen LogP contribution in [-0.4, -0.2) is 45.1 Å². The third-order valence-corrected chi connectivity index (χ3v) is 7.03. The van der Waals surface area contributed by atoms with Gasteiger partial charge in [-0.2, -0.15) is 0 Å². The fourth-order valence-corrected chi connectivity index (χ4v) is 4.39. The summed E-state index contributed by atoms with van der Waals surface area (Å²) >= 11 is 7.09. The number of hydrogen-bond donors (Lipinski definition) is 0. The normalized spacial score (nSPS) is 26.0. The van der Waals surface area contributed by atoms with Gasteiger partial charge in [0, 0.05) is 44.0 Å². The zero-order chi connectivity index (χ0) is 16.8. The largest absolute Gasteiger partial charge is 0.368 e. The van der Waals surface area contributed by atoms with Crippen LogP contribution in [-0.2, 0) is 4.79 Å². The maximum atomic E-state index is 12.6. The number of anilines is 1. The first-order valence-electron chi connectivity index (χ1n) is 7.41. The molecule has 1 saturated heterocycles. The Balaban J connectivity index is 1.60. The molecule has 0 spiro atoms. The van der Waals surface area contributed by atoms with E-state index in [-0.39, 0.29) is 20.2 Å². The Labute approximate surface area is 151 Å². The quantitative estimate of drug-likeness (QED) is 0.406. The summed E-state index contributed by atoms with van der Waals surface area (Å²) in [6, 6.07) is 6.56. The van der Waals surface area contributed by atoms with Crippen molar-refractivity contribution in [1.82, 2.24) is 4.90 Å². The van der Waals surface area contributed by atoms with E-state index in [0.717, 1.165) is 25.2 Å². The number of nitro benzene ring substituents is 1. The molecule has 124 valence electrons. The molecule has 1 atom stereocenters. The van der Waals surface area contributed by atoms with E-state index < -0.39 is 4.92 Å². The molecular formula is C15H17Br2N3O3. The maximum absolute atomic E-state index is 12.6. The van der Waals surface area contributed by atoms with Gasteiger partial charge < -0.3 is 9.80 Å². The fraction of sp³-hybridized carbons (Fsp3) is 0.533. The Hall–Kier alpha value is -1.15. The Morgan fingerprint density at radius 1 is 1.17 bits per heavy atom. The summed E-state index contributed by atoms with van der Waals surface area (Å²) in [4.78, 5) is 27.0. The highest BCUT2D eigenvalue weighted by molar-refractivity contribution is 9.25. The molecule has 1 aromatic carbocycles. The number of hydrogen-bond acceptors (Lipinski definition) is 4. The summed E-state index contributed by atoms with van der Waals surface area (Å²) in [6.07, 6.45) is 0.793. The highest BCUT2D eigenvalue weighted by Crippen LogP contribution is 2.66. The average molecular weight is 447 g/mol. The lowest BCUT2D eigenvalue weighted by atomic mass is 10.1. The molecule has 23 heavy (non-hydrogen) atoms. The third kappa shape index (κ3) is 2.98. The zero-order valence-corrected chi connectivity index (χ0v) is 15.8. The number of halogens is 2. The second-order valence-corrected chi connectivity index (χ2v) is 10.0. The number of nitro groups is 1. The predicted molar refractivity (Wildman–Crippen MR) is 95.2 cm³/mol. The Bertz CT molecular complexity index is 642. The van der Waals surface area contributed by atoms with Gasteiger partial charge in [-0.25, -0.2) is 0 Å². The highest BCUT2D eigenvalue weighted by Gasteiger charge is 2.67. The van der Waals surface area contributed by atoms with E-state index in [1.165, 1.54) is 12.1 Å². The summed E-state index contributed by atoms with van der Waals surface area (Å²) in [6.45, 7) is 4.78. The van der Waals surface area contributed by atoms with Crippen LogP contribution in [0.1, 0.15) is 13.3 Å². The van der Waals surface area contributed by atoms with Gasteiger partial charge in [0.2, 0.25) is 5.91 Å². The van der Waals surface area contributed by atoms with Gasteiger partial charge in [0.15, 0.2) is 0 Å². The molecule has 2 fully saturated rings. The minimum Gasteiger partial charge on any atom is -0.368 e. The first-order chi connectivity index (χ1) is 10.7. The summed E-state index contributed by atoms with van der Waals surface area (Å²) in [5.74, 6) is 0.176. The van der Waals surface area contributed by atoms with Crippen LogP contribution < -0.4 is 4.90 Å². The van der Waals surface area contributed by atoms with Crippen molar-refractivity contribution >= 4 is 49.1 Å². The Morgan fingerprint density at radius 2 is 1.70 bits per heavy atom. The number of amides is 1. The number of alkyl halides is 2. The number of carbonyl (C=O) groups is 1. The van der Waals surface area contributed by atoms with Crippen molar-refractivity contribution in [2.24, 2.45) is 5.41 Å². The monoisotopic (exact) mass is 445 g/mol. The van der Waals surface area contributed by atoms with Gasteiger partial charge in [-0.05, 0) is 25.5 Å². The molecule has 6 nitrogen and oxygen atoms in total. The Morgan fingerprint density at radius 3 is 2.13 bits per heavy atom. The van der Waals surface area contributed by atoms with E-state index in [1.807, 2.05) is 11.8 Å². The van der Waals surface area contributed by atoms with E-state index >= 15 is 0 Å². The Kier molecular flexibility index (Phi) is 4.16. The van der Waals surface area contributed by atoms with Crippen LogP contribution in [0.2, 0.25) is 0 Å². The van der Waals surface area contributed by atoms with E-state index in [1.54, 1.807) is 12.1 Å². The molecule has 1 aromatic rings. The molecule has 0 bridgehead atoms. The van der Waals surface area contributed by atoms with Crippen LogP contribution in [0.5, 0.6) is 0 Å². The zero-order valence-electron chi connectivity index (χ0n) is 12.7. The lowest BCUT2D eigenvalue weighted by Crippen LogP contribution is -2.51. The van der Waals surface area contributed by atoms with Gasteiger partial charge in [0.1, 0.15) is 0 Å². The molecule has 1 heterocycles. The first-order valence-corrected chi connectivity index (χ1v) is 9.00. The standard InChI is InChI=1S/C15H17Br2N3O3/c1-14(10-15(14,16)17)13(21)19-8-6-18(7-9-19)11-2-4-12(5-3-11)20(22)23/h2-5H,6-10H2,1H3. The molecule has 2 aliphatic rings. The second kappa shape index (κ2) is 5.73. The van der Waals surface area contributed by atoms with Crippen LogP contribution in [0.4, 0.5) is 11.4 Å². The van der Waals surface area contributed by atoms with Crippen LogP contribution in [0, 0.1) is 15.5 Å². The lowest BCUT2D eigenvalue weighted by Gasteiger charge is -2.37. The second-order valence-electron chi connectivity index (χ2n) is 6.27. The number of carbonyl (C=O) groups excluding carboxylic acids is 1. The van der Waals surface area contributed by atoms with Gasteiger partial charge in [-0.1, -0.05) is 31.9 Å². The average Bonchev–Trinajstić information content (AvgIpc) is 3.06. The van der Waals surface area contributed by atoms with Crippen molar-refractivity contribution in [2.75, 3.05) is 31.1 Å². The first kappa shape index (κ1) is 16.7. The molecule has 8 heteroatoms. The van der Waals surface area contributed by atoms with Crippen LogP contribution in [0.25, 0.3) is 0 Å². The van der Waals surface area contributed by atoms with Crippen molar-refractivity contribution in [1.29, 1.82) is 0 Å². The molecule has 0 aromatic heterocycles.